The minimum Gasteiger partial charge on any atom is -0.462 e. The summed E-state index contributed by atoms with van der Waals surface area (Å²) < 4.78 is 5.49. The summed E-state index contributed by atoms with van der Waals surface area (Å²) in [7, 11) is 0. The van der Waals surface area contributed by atoms with Crippen molar-refractivity contribution < 1.29 is 19.4 Å². The van der Waals surface area contributed by atoms with Gasteiger partial charge in [0.05, 0.1) is 5.60 Å². The Balaban J connectivity index is 2.35. The number of ketones is 1. The number of carbonyl (C=O) groups is 2. The van der Waals surface area contributed by atoms with E-state index < -0.39 is 5.60 Å². The summed E-state index contributed by atoms with van der Waals surface area (Å²) in [5.41, 5.74) is -0.00897. The molecule has 0 aliphatic heterocycles. The SMILES string of the molecule is CC(=O)OC1CC2(C)CC(=O)C=C(C)C2CC1C(C)(C)O. The summed E-state index contributed by atoms with van der Waals surface area (Å²) in [6, 6.07) is 0. The third kappa shape index (κ3) is 3.20. The Morgan fingerprint density at radius 1 is 1.48 bits per heavy atom. The van der Waals surface area contributed by atoms with Crippen molar-refractivity contribution in [3.05, 3.63) is 11.6 Å². The van der Waals surface area contributed by atoms with Crippen molar-refractivity contribution in [1.82, 2.24) is 0 Å². The molecule has 0 bridgehead atoms. The topological polar surface area (TPSA) is 63.6 Å². The molecular weight excluding hydrogens is 268 g/mol. The fourth-order valence-corrected chi connectivity index (χ4v) is 4.25. The molecule has 0 aromatic heterocycles. The first-order valence-electron chi connectivity index (χ1n) is 7.63. The minimum atomic E-state index is -0.914. The molecule has 1 fully saturated rings. The summed E-state index contributed by atoms with van der Waals surface area (Å²) in [6.07, 6.45) is 3.27. The van der Waals surface area contributed by atoms with Gasteiger partial charge in [-0.05, 0) is 51.0 Å². The van der Waals surface area contributed by atoms with E-state index in [0.29, 0.717) is 12.8 Å². The smallest absolute Gasteiger partial charge is 0.302 e. The molecule has 118 valence electrons. The fourth-order valence-electron chi connectivity index (χ4n) is 4.25. The van der Waals surface area contributed by atoms with Crippen LogP contribution in [0.5, 0.6) is 0 Å². The summed E-state index contributed by atoms with van der Waals surface area (Å²) in [5, 5.41) is 10.5. The van der Waals surface area contributed by atoms with Crippen LogP contribution in [0.15, 0.2) is 11.6 Å². The zero-order valence-electron chi connectivity index (χ0n) is 13.6. The van der Waals surface area contributed by atoms with Crippen LogP contribution in [0.4, 0.5) is 0 Å². The van der Waals surface area contributed by atoms with Crippen molar-refractivity contribution in [3.8, 4) is 0 Å². The van der Waals surface area contributed by atoms with E-state index in [1.807, 2.05) is 6.92 Å². The van der Waals surface area contributed by atoms with Gasteiger partial charge in [0.2, 0.25) is 0 Å². The van der Waals surface area contributed by atoms with Crippen molar-refractivity contribution in [3.63, 3.8) is 0 Å². The Hall–Kier alpha value is -1.16. The molecule has 21 heavy (non-hydrogen) atoms. The molecule has 0 saturated heterocycles. The van der Waals surface area contributed by atoms with Gasteiger partial charge in [-0.15, -0.1) is 0 Å². The van der Waals surface area contributed by atoms with Crippen LogP contribution in [-0.4, -0.2) is 28.6 Å². The number of aliphatic hydroxyl groups is 1. The van der Waals surface area contributed by atoms with E-state index in [2.05, 4.69) is 6.92 Å². The van der Waals surface area contributed by atoms with Gasteiger partial charge in [0.25, 0.3) is 0 Å². The summed E-state index contributed by atoms with van der Waals surface area (Å²) in [6.45, 7) is 9.03. The molecule has 4 heteroatoms. The molecule has 0 radical (unpaired) electrons. The molecule has 4 unspecified atom stereocenters. The number of hydrogen-bond acceptors (Lipinski definition) is 4. The van der Waals surface area contributed by atoms with Gasteiger partial charge in [-0.1, -0.05) is 12.5 Å². The summed E-state index contributed by atoms with van der Waals surface area (Å²) >= 11 is 0. The zero-order chi connectivity index (χ0) is 16.0. The van der Waals surface area contributed by atoms with E-state index in [1.54, 1.807) is 19.9 Å². The van der Waals surface area contributed by atoms with Crippen molar-refractivity contribution >= 4 is 11.8 Å². The monoisotopic (exact) mass is 294 g/mol. The van der Waals surface area contributed by atoms with Crippen molar-refractivity contribution in [1.29, 1.82) is 0 Å². The molecule has 0 heterocycles. The summed E-state index contributed by atoms with van der Waals surface area (Å²) in [4.78, 5) is 23.3. The van der Waals surface area contributed by atoms with E-state index >= 15 is 0 Å². The van der Waals surface area contributed by atoms with E-state index in [-0.39, 0.29) is 35.1 Å². The van der Waals surface area contributed by atoms with E-state index in [1.165, 1.54) is 6.92 Å². The highest BCUT2D eigenvalue weighted by Gasteiger charge is 2.52. The molecule has 0 aromatic rings. The third-order valence-electron chi connectivity index (χ3n) is 5.19. The molecule has 2 rings (SSSR count). The summed E-state index contributed by atoms with van der Waals surface area (Å²) in [5.74, 6) is -0.0327. The molecule has 1 saturated carbocycles. The highest BCUT2D eigenvalue weighted by atomic mass is 16.5. The average molecular weight is 294 g/mol. The van der Waals surface area contributed by atoms with Gasteiger partial charge in [-0.2, -0.15) is 0 Å². The van der Waals surface area contributed by atoms with Crippen molar-refractivity contribution in [2.45, 2.75) is 65.6 Å². The maximum Gasteiger partial charge on any atom is 0.302 e. The zero-order valence-corrected chi connectivity index (χ0v) is 13.6. The maximum atomic E-state index is 11.9. The van der Waals surface area contributed by atoms with Crippen LogP contribution >= 0.6 is 0 Å². The Morgan fingerprint density at radius 3 is 2.62 bits per heavy atom. The van der Waals surface area contributed by atoms with Gasteiger partial charge in [0, 0.05) is 19.3 Å². The van der Waals surface area contributed by atoms with Gasteiger partial charge < -0.3 is 9.84 Å². The molecule has 2 aliphatic rings. The largest absolute Gasteiger partial charge is 0.462 e. The molecule has 0 amide bonds. The lowest BCUT2D eigenvalue weighted by Gasteiger charge is -2.52. The predicted molar refractivity (Wildman–Crippen MR) is 79.6 cm³/mol. The third-order valence-corrected chi connectivity index (χ3v) is 5.19. The van der Waals surface area contributed by atoms with E-state index in [4.69, 9.17) is 4.74 Å². The second-order valence-electron chi connectivity index (χ2n) is 7.59. The standard InChI is InChI=1S/C17H26O4/c1-10-6-12(19)8-17(5)9-15(21-11(2)18)14(7-13(10)17)16(3,4)20/h6,13-15,20H,7-9H2,1-5H3. The second-order valence-corrected chi connectivity index (χ2v) is 7.59. The van der Waals surface area contributed by atoms with E-state index in [9.17, 15) is 14.7 Å². The van der Waals surface area contributed by atoms with Crippen molar-refractivity contribution in [2.24, 2.45) is 17.3 Å². The lowest BCUT2D eigenvalue weighted by molar-refractivity contribution is -0.167. The Kier molecular flexibility index (Phi) is 4.04. The van der Waals surface area contributed by atoms with Gasteiger partial charge in [0.1, 0.15) is 6.10 Å². The molecule has 2 aliphatic carbocycles. The maximum absolute atomic E-state index is 11.9. The number of hydrogen-bond donors (Lipinski definition) is 1. The Bertz CT molecular complexity index is 486. The number of fused-ring (bicyclic) bond motifs is 1. The van der Waals surface area contributed by atoms with Gasteiger partial charge in [-0.25, -0.2) is 0 Å². The number of ether oxygens (including phenoxy) is 1. The minimum absolute atomic E-state index is 0.115. The lowest BCUT2D eigenvalue weighted by atomic mass is 9.55. The highest BCUT2D eigenvalue weighted by molar-refractivity contribution is 5.92. The van der Waals surface area contributed by atoms with Crippen LogP contribution in [0.3, 0.4) is 0 Å². The number of allylic oxidation sites excluding steroid dienone is 2. The van der Waals surface area contributed by atoms with Crippen LogP contribution in [0.2, 0.25) is 0 Å². The second kappa shape index (κ2) is 5.24. The Labute approximate surface area is 126 Å². The number of rotatable bonds is 2. The normalized spacial score (nSPS) is 36.8. The number of esters is 1. The van der Waals surface area contributed by atoms with Crippen LogP contribution < -0.4 is 0 Å². The lowest BCUT2D eigenvalue weighted by Crippen LogP contribution is -2.52. The molecule has 0 aromatic carbocycles. The number of carbonyl (C=O) groups excluding carboxylic acids is 2. The first-order valence-corrected chi connectivity index (χ1v) is 7.63. The first kappa shape index (κ1) is 16.2. The molecule has 0 spiro atoms. The van der Waals surface area contributed by atoms with Crippen LogP contribution in [0.1, 0.15) is 53.9 Å². The van der Waals surface area contributed by atoms with Crippen LogP contribution in [0.25, 0.3) is 0 Å². The average Bonchev–Trinajstić information content (AvgIpc) is 2.23. The Morgan fingerprint density at radius 2 is 2.10 bits per heavy atom. The van der Waals surface area contributed by atoms with Gasteiger partial charge >= 0.3 is 5.97 Å². The quantitative estimate of drug-likeness (QED) is 0.795. The molecule has 4 atom stereocenters. The van der Waals surface area contributed by atoms with Gasteiger partial charge in [0.15, 0.2) is 5.78 Å². The van der Waals surface area contributed by atoms with Crippen LogP contribution in [-0.2, 0) is 14.3 Å². The first-order chi connectivity index (χ1) is 9.53. The van der Waals surface area contributed by atoms with Crippen molar-refractivity contribution in [2.75, 3.05) is 0 Å². The highest BCUT2D eigenvalue weighted by Crippen LogP contribution is 2.53. The predicted octanol–water partition coefficient (Wildman–Crippen LogP) is 2.64. The van der Waals surface area contributed by atoms with Gasteiger partial charge in [-0.3, -0.25) is 9.59 Å². The molecule has 4 nitrogen and oxygen atoms in total. The molecular formula is C17H26O4. The van der Waals surface area contributed by atoms with Crippen LogP contribution in [0, 0.1) is 17.3 Å². The van der Waals surface area contributed by atoms with E-state index in [0.717, 1.165) is 12.0 Å². The fraction of sp³-hybridized carbons (Fsp3) is 0.765. The molecule has 1 N–H and O–H groups in total.